The maximum absolute atomic E-state index is 4.46. The van der Waals surface area contributed by atoms with Crippen LogP contribution < -0.4 is 31.1 Å². The number of hydrogen-bond acceptors (Lipinski definition) is 3. The fourth-order valence-electron chi connectivity index (χ4n) is 16.0. The molecular formula is C80H62BN3. The van der Waals surface area contributed by atoms with Gasteiger partial charge in [0, 0.05) is 78.7 Å². The molecule has 0 atom stereocenters. The Balaban J connectivity index is 1.07. The second-order valence-corrected chi connectivity index (χ2v) is 24.3. The van der Waals surface area contributed by atoms with Crippen molar-refractivity contribution in [3.8, 4) is 22.3 Å². The first-order valence-electron chi connectivity index (χ1n) is 29.7. The maximum atomic E-state index is 4.46. The van der Waals surface area contributed by atoms with Crippen molar-refractivity contribution in [1.82, 2.24) is 0 Å². The van der Waals surface area contributed by atoms with E-state index >= 15 is 0 Å². The lowest BCUT2D eigenvalue weighted by molar-refractivity contribution is 0.660. The summed E-state index contributed by atoms with van der Waals surface area (Å²) in [5.74, 6) is 0. The van der Waals surface area contributed by atoms with Crippen molar-refractivity contribution in [2.75, 3.05) is 14.7 Å². The minimum absolute atomic E-state index is 0.123. The van der Waals surface area contributed by atoms with Crippen LogP contribution in [0.5, 0.6) is 0 Å². The Labute approximate surface area is 494 Å². The lowest BCUT2D eigenvalue weighted by atomic mass is 9.33. The molecule has 400 valence electrons. The van der Waals surface area contributed by atoms with Crippen LogP contribution in [-0.2, 0) is 16.2 Å². The second kappa shape index (κ2) is 18.6. The van der Waals surface area contributed by atoms with Gasteiger partial charge in [0.05, 0.1) is 5.41 Å². The highest BCUT2D eigenvalue weighted by molar-refractivity contribution is 7.00. The molecule has 2 aliphatic heterocycles. The van der Waals surface area contributed by atoms with Gasteiger partial charge >= 0.3 is 0 Å². The number of fused-ring (bicyclic) bond motifs is 13. The third kappa shape index (κ3) is 6.77. The van der Waals surface area contributed by atoms with Gasteiger partial charge in [0.1, 0.15) is 0 Å². The van der Waals surface area contributed by atoms with Crippen molar-refractivity contribution in [2.24, 2.45) is 0 Å². The molecule has 4 heteroatoms. The summed E-state index contributed by atoms with van der Waals surface area (Å²) in [4.78, 5) is 7.83. The molecule has 5 aliphatic rings. The molecule has 3 nitrogen and oxygen atoms in total. The molecule has 0 bridgehead atoms. The van der Waals surface area contributed by atoms with Gasteiger partial charge in [0.15, 0.2) is 0 Å². The molecule has 84 heavy (non-hydrogen) atoms. The summed E-state index contributed by atoms with van der Waals surface area (Å²) in [6, 6.07) is 98.0. The fourth-order valence-corrected chi connectivity index (χ4v) is 16.0. The fraction of sp³-hybridized carbons (Fsp3) is 0.100. The van der Waals surface area contributed by atoms with E-state index in [2.05, 4.69) is 323 Å². The predicted molar refractivity (Wildman–Crippen MR) is 354 cm³/mol. The van der Waals surface area contributed by atoms with Crippen LogP contribution in [0, 0.1) is 0 Å². The number of hydrogen-bond donors (Lipinski definition) is 0. The number of rotatable bonds is 8. The van der Waals surface area contributed by atoms with Crippen LogP contribution in [0.15, 0.2) is 291 Å². The Morgan fingerprint density at radius 1 is 0.429 bits per heavy atom. The average Bonchev–Trinajstić information content (AvgIpc) is 1.24. The normalized spacial score (nSPS) is 16.6. The first kappa shape index (κ1) is 49.9. The standard InChI is InChI=1S/C80H62BN3/c1-7-29-67-72(61-42-25-28-45-64(61)80(67,53-30-13-8-14-31-53)54-32-15-9-16-33-54)52(2)82(55-34-17-10-18-35-55)58-50-70-75-71(51-58)84(57-38-21-12-22-39-57)77-69(49-47-66-74(77)60-41-24-27-44-63(60)79(66,5)6)81(75)68-48-46-65-73(59-40-23-26-43-62(59)78(65,3)4)76(68)83(70)56-36-19-11-20-37-56/h7-51H,1H2,2-6H3/b67-29+,72-52+. The van der Waals surface area contributed by atoms with Crippen LogP contribution in [0.1, 0.15) is 79.1 Å². The number of benzene rings is 11. The van der Waals surface area contributed by atoms with Crippen molar-refractivity contribution >= 4 is 74.2 Å². The van der Waals surface area contributed by atoms with E-state index in [1.807, 2.05) is 6.08 Å². The number of para-hydroxylation sites is 3. The van der Waals surface area contributed by atoms with E-state index in [0.717, 1.165) is 39.8 Å². The quantitative estimate of drug-likeness (QED) is 0.140. The summed E-state index contributed by atoms with van der Waals surface area (Å²) in [6.45, 7) is 16.3. The van der Waals surface area contributed by atoms with E-state index < -0.39 is 5.41 Å². The molecule has 0 N–H and O–H groups in total. The largest absolute Gasteiger partial charge is 0.314 e. The molecule has 2 heterocycles. The number of allylic oxidation sites excluding steroid dienone is 5. The Morgan fingerprint density at radius 3 is 1.30 bits per heavy atom. The Hall–Kier alpha value is -9.90. The third-order valence-corrected chi connectivity index (χ3v) is 19.4. The number of anilines is 8. The van der Waals surface area contributed by atoms with Gasteiger partial charge in [-0.3, -0.25) is 0 Å². The smallest absolute Gasteiger partial charge is 0.252 e. The third-order valence-electron chi connectivity index (χ3n) is 19.4. The van der Waals surface area contributed by atoms with Crippen LogP contribution in [0.4, 0.5) is 45.5 Å². The average molecular weight is 1080 g/mol. The van der Waals surface area contributed by atoms with Gasteiger partial charge in [-0.2, -0.15) is 0 Å². The molecule has 16 rings (SSSR count). The first-order chi connectivity index (χ1) is 41.1. The molecule has 0 amide bonds. The molecule has 0 aromatic heterocycles. The summed E-state index contributed by atoms with van der Waals surface area (Å²) in [6.07, 6.45) is 4.27. The molecule has 0 unspecified atom stereocenters. The van der Waals surface area contributed by atoms with Crippen molar-refractivity contribution in [1.29, 1.82) is 0 Å². The van der Waals surface area contributed by atoms with Gasteiger partial charge in [-0.05, 0) is 133 Å². The van der Waals surface area contributed by atoms with Gasteiger partial charge in [-0.25, -0.2) is 0 Å². The topological polar surface area (TPSA) is 9.72 Å². The zero-order valence-electron chi connectivity index (χ0n) is 48.1. The summed E-state index contributed by atoms with van der Waals surface area (Å²) in [5, 5.41) is 0. The number of nitrogens with zero attached hydrogens (tertiary/aromatic N) is 3. The monoisotopic (exact) mass is 1080 g/mol. The molecule has 0 saturated carbocycles. The lowest BCUT2D eigenvalue weighted by Gasteiger charge is -2.46. The van der Waals surface area contributed by atoms with Crippen molar-refractivity contribution in [3.05, 3.63) is 335 Å². The first-order valence-corrected chi connectivity index (χ1v) is 29.7. The summed E-state index contributed by atoms with van der Waals surface area (Å²) < 4.78 is 0. The van der Waals surface area contributed by atoms with Crippen LogP contribution in [0.2, 0.25) is 0 Å². The zero-order chi connectivity index (χ0) is 56.6. The minimum Gasteiger partial charge on any atom is -0.314 e. The van der Waals surface area contributed by atoms with E-state index in [9.17, 15) is 0 Å². The van der Waals surface area contributed by atoms with E-state index in [1.54, 1.807) is 0 Å². The highest BCUT2D eigenvalue weighted by Crippen LogP contribution is 2.61. The Morgan fingerprint density at radius 2 is 0.833 bits per heavy atom. The minimum atomic E-state index is -0.655. The molecule has 0 fully saturated rings. The Kier molecular flexibility index (Phi) is 11.0. The van der Waals surface area contributed by atoms with Crippen molar-refractivity contribution in [3.63, 3.8) is 0 Å². The molecule has 0 radical (unpaired) electrons. The molecule has 0 spiro atoms. The van der Waals surface area contributed by atoms with Gasteiger partial charge in [0.25, 0.3) is 6.71 Å². The van der Waals surface area contributed by atoms with Crippen LogP contribution in [0.3, 0.4) is 0 Å². The predicted octanol–water partition coefficient (Wildman–Crippen LogP) is 18.4. The molecule has 0 saturated heterocycles. The van der Waals surface area contributed by atoms with E-state index in [4.69, 9.17) is 0 Å². The summed E-state index contributed by atoms with van der Waals surface area (Å²) >= 11 is 0. The van der Waals surface area contributed by atoms with Crippen LogP contribution in [-0.4, -0.2) is 6.71 Å². The molecule has 11 aromatic carbocycles. The zero-order valence-corrected chi connectivity index (χ0v) is 48.1. The van der Waals surface area contributed by atoms with Gasteiger partial charge in [0.2, 0.25) is 0 Å². The second-order valence-electron chi connectivity index (χ2n) is 24.3. The van der Waals surface area contributed by atoms with E-state index in [0.29, 0.717) is 0 Å². The highest BCUT2D eigenvalue weighted by Gasteiger charge is 2.52. The molecular weight excluding hydrogens is 1010 g/mol. The van der Waals surface area contributed by atoms with Gasteiger partial charge in [-0.15, -0.1) is 0 Å². The van der Waals surface area contributed by atoms with E-state index in [-0.39, 0.29) is 17.5 Å². The van der Waals surface area contributed by atoms with Crippen LogP contribution in [0.25, 0.3) is 27.8 Å². The van der Waals surface area contributed by atoms with E-state index in [1.165, 1.54) is 106 Å². The summed E-state index contributed by atoms with van der Waals surface area (Å²) in [5.41, 5.74) is 30.9. The summed E-state index contributed by atoms with van der Waals surface area (Å²) in [7, 11) is 0. The molecule has 3 aliphatic carbocycles. The van der Waals surface area contributed by atoms with Gasteiger partial charge in [-0.1, -0.05) is 259 Å². The molecule has 11 aromatic rings. The van der Waals surface area contributed by atoms with Crippen molar-refractivity contribution in [2.45, 2.75) is 50.9 Å². The SMILES string of the molecule is C=C/C=C1\C(=C(/C)N(c2ccccc2)c2cc3c4c(c2)N(c2ccccc2)c2c(ccc5c2-c2ccccc2C5(C)C)B4c2ccc4c(c2N3c2ccccc2)-c2ccccc2C4(C)C)c2ccccc2C1(c1ccccc1)c1ccccc1. The van der Waals surface area contributed by atoms with Crippen molar-refractivity contribution < 1.29 is 0 Å². The lowest BCUT2D eigenvalue weighted by Crippen LogP contribution is -2.61. The van der Waals surface area contributed by atoms with Crippen LogP contribution >= 0.6 is 0 Å². The maximum Gasteiger partial charge on any atom is 0.252 e. The Bertz CT molecular complexity index is 4360. The highest BCUT2D eigenvalue weighted by atomic mass is 15.2. The van der Waals surface area contributed by atoms with Gasteiger partial charge < -0.3 is 14.7 Å².